The molecule has 1 heterocycles. The first kappa shape index (κ1) is 16.0. The molecule has 1 saturated heterocycles. The Balaban J connectivity index is 2.24. The lowest BCUT2D eigenvalue weighted by atomic mass is 10.1. The lowest BCUT2D eigenvalue weighted by Gasteiger charge is -2.20. The van der Waals surface area contributed by atoms with Crippen molar-refractivity contribution in [2.75, 3.05) is 17.2 Å². The van der Waals surface area contributed by atoms with Gasteiger partial charge in [-0.05, 0) is 52.8 Å². The molecule has 2 rings (SSSR count). The van der Waals surface area contributed by atoms with Crippen molar-refractivity contribution in [1.82, 2.24) is 0 Å². The van der Waals surface area contributed by atoms with Crippen molar-refractivity contribution < 1.29 is 13.2 Å². The van der Waals surface area contributed by atoms with Crippen LogP contribution in [0.15, 0.2) is 18.2 Å². The molecule has 1 unspecified atom stereocenters. The van der Waals surface area contributed by atoms with E-state index in [1.807, 2.05) is 19.1 Å². The van der Waals surface area contributed by atoms with E-state index in [2.05, 4.69) is 28.7 Å². The highest BCUT2D eigenvalue weighted by molar-refractivity contribution is 14.1. The SMILES string of the molecule is CCc1cc(I)ccc1N1CC(CS(=O)(=O)Cl)CC1=O. The molecule has 1 aliphatic heterocycles. The average molecular weight is 428 g/mol. The average Bonchev–Trinajstić information content (AvgIpc) is 2.67. The highest BCUT2D eigenvalue weighted by Crippen LogP contribution is 2.30. The first-order chi connectivity index (χ1) is 9.30. The molecule has 1 aromatic rings. The van der Waals surface area contributed by atoms with Crippen molar-refractivity contribution in [1.29, 1.82) is 0 Å². The maximum absolute atomic E-state index is 12.1. The third kappa shape index (κ3) is 3.85. The Morgan fingerprint density at radius 2 is 2.15 bits per heavy atom. The monoisotopic (exact) mass is 427 g/mol. The van der Waals surface area contributed by atoms with Gasteiger partial charge in [0, 0.05) is 38.8 Å². The van der Waals surface area contributed by atoms with Gasteiger partial charge in [0.15, 0.2) is 0 Å². The van der Waals surface area contributed by atoms with Gasteiger partial charge in [-0.15, -0.1) is 0 Å². The largest absolute Gasteiger partial charge is 0.312 e. The number of aryl methyl sites for hydroxylation is 1. The lowest BCUT2D eigenvalue weighted by molar-refractivity contribution is -0.117. The van der Waals surface area contributed by atoms with Crippen LogP contribution in [0.25, 0.3) is 0 Å². The quantitative estimate of drug-likeness (QED) is 0.548. The van der Waals surface area contributed by atoms with E-state index in [1.165, 1.54) is 0 Å². The first-order valence-electron chi connectivity index (χ1n) is 6.31. The molecule has 20 heavy (non-hydrogen) atoms. The van der Waals surface area contributed by atoms with Crippen LogP contribution in [0.2, 0.25) is 0 Å². The molecule has 0 N–H and O–H groups in total. The second-order valence-corrected chi connectivity index (χ2v) is 8.97. The van der Waals surface area contributed by atoms with E-state index >= 15 is 0 Å². The van der Waals surface area contributed by atoms with Crippen LogP contribution in [0.5, 0.6) is 0 Å². The van der Waals surface area contributed by atoms with Crippen LogP contribution in [-0.4, -0.2) is 26.6 Å². The summed E-state index contributed by atoms with van der Waals surface area (Å²) >= 11 is 2.24. The molecular weight excluding hydrogens is 413 g/mol. The Morgan fingerprint density at radius 3 is 2.75 bits per heavy atom. The van der Waals surface area contributed by atoms with E-state index in [9.17, 15) is 13.2 Å². The summed E-state index contributed by atoms with van der Waals surface area (Å²) in [7, 11) is 1.71. The smallest absolute Gasteiger partial charge is 0.232 e. The number of carbonyl (C=O) groups is 1. The van der Waals surface area contributed by atoms with Crippen molar-refractivity contribution >= 4 is 53.9 Å². The first-order valence-corrected chi connectivity index (χ1v) is 9.87. The van der Waals surface area contributed by atoms with Crippen LogP contribution >= 0.6 is 33.3 Å². The van der Waals surface area contributed by atoms with E-state index in [0.717, 1.165) is 21.2 Å². The van der Waals surface area contributed by atoms with Crippen molar-refractivity contribution in [2.24, 2.45) is 5.92 Å². The van der Waals surface area contributed by atoms with Gasteiger partial charge in [0.2, 0.25) is 15.0 Å². The summed E-state index contributed by atoms with van der Waals surface area (Å²) in [4.78, 5) is 13.8. The predicted octanol–water partition coefficient (Wildman–Crippen LogP) is 2.78. The standard InChI is InChI=1S/C13H15ClINO3S/c1-2-10-6-11(15)3-4-12(10)16-7-9(5-13(16)17)8-20(14,18)19/h3-4,6,9H,2,5,7-8H2,1H3. The van der Waals surface area contributed by atoms with Crippen LogP contribution < -0.4 is 4.90 Å². The normalized spacial score (nSPS) is 19.6. The van der Waals surface area contributed by atoms with Gasteiger partial charge in [0.05, 0.1) is 5.75 Å². The van der Waals surface area contributed by atoms with Crippen LogP contribution in [0.4, 0.5) is 5.69 Å². The molecular formula is C13H15ClINO3S. The van der Waals surface area contributed by atoms with Gasteiger partial charge in [-0.2, -0.15) is 0 Å². The van der Waals surface area contributed by atoms with Crippen LogP contribution in [0.1, 0.15) is 18.9 Å². The highest BCUT2D eigenvalue weighted by atomic mass is 127. The number of rotatable bonds is 4. The third-order valence-electron chi connectivity index (χ3n) is 3.35. The van der Waals surface area contributed by atoms with E-state index < -0.39 is 9.05 Å². The molecule has 1 fully saturated rings. The zero-order valence-corrected chi connectivity index (χ0v) is 14.7. The molecule has 0 spiro atoms. The molecule has 1 aromatic carbocycles. The van der Waals surface area contributed by atoms with Crippen molar-refractivity contribution in [3.63, 3.8) is 0 Å². The maximum atomic E-state index is 12.1. The number of amides is 1. The fourth-order valence-corrected chi connectivity index (χ4v) is 4.38. The predicted molar refractivity (Wildman–Crippen MR) is 88.6 cm³/mol. The minimum atomic E-state index is -3.57. The van der Waals surface area contributed by atoms with E-state index in [-0.39, 0.29) is 24.0 Å². The Hall–Kier alpha value is -0.340. The summed E-state index contributed by atoms with van der Waals surface area (Å²) in [6.45, 7) is 2.45. The second-order valence-electron chi connectivity index (χ2n) is 4.91. The van der Waals surface area contributed by atoms with Gasteiger partial charge in [0.25, 0.3) is 0 Å². The molecule has 0 aromatic heterocycles. The zero-order valence-electron chi connectivity index (χ0n) is 11.0. The fourth-order valence-electron chi connectivity index (χ4n) is 2.51. The summed E-state index contributed by atoms with van der Waals surface area (Å²) in [5.74, 6) is -0.414. The third-order valence-corrected chi connectivity index (χ3v) is 5.27. The maximum Gasteiger partial charge on any atom is 0.232 e. The molecule has 0 aliphatic carbocycles. The molecule has 1 amide bonds. The molecule has 110 valence electrons. The summed E-state index contributed by atoms with van der Waals surface area (Å²) in [5, 5.41) is 0. The molecule has 7 heteroatoms. The van der Waals surface area contributed by atoms with Crippen LogP contribution in [-0.2, 0) is 20.3 Å². The van der Waals surface area contributed by atoms with E-state index in [0.29, 0.717) is 6.54 Å². The molecule has 1 aliphatic rings. The van der Waals surface area contributed by atoms with Crippen molar-refractivity contribution in [2.45, 2.75) is 19.8 Å². The van der Waals surface area contributed by atoms with Crippen LogP contribution in [0, 0.1) is 9.49 Å². The molecule has 0 bridgehead atoms. The van der Waals surface area contributed by atoms with Gasteiger partial charge in [-0.3, -0.25) is 4.79 Å². The minimum Gasteiger partial charge on any atom is -0.312 e. The molecule has 4 nitrogen and oxygen atoms in total. The van der Waals surface area contributed by atoms with E-state index in [4.69, 9.17) is 10.7 Å². The second kappa shape index (κ2) is 6.19. The molecule has 0 radical (unpaired) electrons. The highest BCUT2D eigenvalue weighted by Gasteiger charge is 2.33. The zero-order chi connectivity index (χ0) is 14.9. The minimum absolute atomic E-state index is 0.0359. The summed E-state index contributed by atoms with van der Waals surface area (Å²) in [6.07, 6.45) is 1.06. The Kier molecular flexibility index (Phi) is 4.96. The summed E-state index contributed by atoms with van der Waals surface area (Å²) < 4.78 is 23.4. The number of nitrogens with zero attached hydrogens (tertiary/aromatic N) is 1. The van der Waals surface area contributed by atoms with Crippen LogP contribution in [0.3, 0.4) is 0 Å². The van der Waals surface area contributed by atoms with Gasteiger partial charge in [0.1, 0.15) is 0 Å². The number of halogens is 2. The van der Waals surface area contributed by atoms with Gasteiger partial charge in [-0.1, -0.05) is 6.92 Å². The fraction of sp³-hybridized carbons (Fsp3) is 0.462. The number of carbonyl (C=O) groups excluding carboxylic acids is 1. The number of anilines is 1. The molecule has 0 saturated carbocycles. The lowest BCUT2D eigenvalue weighted by Crippen LogP contribution is -2.26. The topological polar surface area (TPSA) is 54.5 Å². The number of benzene rings is 1. The van der Waals surface area contributed by atoms with Crippen molar-refractivity contribution in [3.05, 3.63) is 27.3 Å². The number of hydrogen-bond donors (Lipinski definition) is 0. The van der Waals surface area contributed by atoms with Gasteiger partial charge >= 0.3 is 0 Å². The Morgan fingerprint density at radius 1 is 1.45 bits per heavy atom. The molecule has 1 atom stereocenters. The van der Waals surface area contributed by atoms with Gasteiger partial charge < -0.3 is 4.90 Å². The Bertz CT molecular complexity index is 633. The number of hydrogen-bond acceptors (Lipinski definition) is 3. The van der Waals surface area contributed by atoms with Gasteiger partial charge in [-0.25, -0.2) is 8.42 Å². The summed E-state index contributed by atoms with van der Waals surface area (Å²) in [6, 6.07) is 5.93. The van der Waals surface area contributed by atoms with E-state index in [1.54, 1.807) is 4.90 Å². The van der Waals surface area contributed by atoms with Crippen molar-refractivity contribution in [3.8, 4) is 0 Å². The summed E-state index contributed by atoms with van der Waals surface area (Å²) in [5.41, 5.74) is 1.98. The Labute approximate surface area is 137 Å².